The van der Waals surface area contributed by atoms with Crippen molar-refractivity contribution in [1.82, 2.24) is 14.0 Å². The zero-order valence-corrected chi connectivity index (χ0v) is 12.9. The van der Waals surface area contributed by atoms with Crippen molar-refractivity contribution >= 4 is 0 Å². The molecule has 5 nitrogen and oxygen atoms in total. The van der Waals surface area contributed by atoms with Crippen LogP contribution >= 0.6 is 0 Å². The van der Waals surface area contributed by atoms with E-state index in [0.29, 0.717) is 0 Å². The molecule has 0 saturated carbocycles. The van der Waals surface area contributed by atoms with Crippen LogP contribution in [-0.2, 0) is 6.54 Å². The highest BCUT2D eigenvalue weighted by Gasteiger charge is 2.14. The number of hydrogen-bond acceptors (Lipinski definition) is 2. The lowest BCUT2D eigenvalue weighted by Crippen LogP contribution is -2.35. The predicted molar refractivity (Wildman–Crippen MR) is 84.3 cm³/mol. The third kappa shape index (κ3) is 3.36. The van der Waals surface area contributed by atoms with E-state index in [1.807, 2.05) is 49.1 Å². The molecular formula is C17H21N3O2. The number of aromatic nitrogens is 3. The Hall–Kier alpha value is -2.56. The molecule has 5 heteroatoms. The van der Waals surface area contributed by atoms with Gasteiger partial charge in [-0.15, -0.1) is 0 Å². The standard InChI is InChI=1S/C17H21N3O2/c1-15-7-13-18(16(15)2)14-8-17(21-19-9-3-4-10-19)22-20-11-5-6-12-20/h3-7,9-13,17H,8,14H2,1-2H3. The summed E-state index contributed by atoms with van der Waals surface area (Å²) in [6.07, 6.45) is 9.91. The normalized spacial score (nSPS) is 11.0. The van der Waals surface area contributed by atoms with Crippen molar-refractivity contribution in [2.75, 3.05) is 0 Å². The lowest BCUT2D eigenvalue weighted by Gasteiger charge is -2.21. The molecule has 0 aliphatic carbocycles. The van der Waals surface area contributed by atoms with Crippen LogP contribution in [0.3, 0.4) is 0 Å². The van der Waals surface area contributed by atoms with Gasteiger partial charge in [-0.1, -0.05) is 0 Å². The van der Waals surface area contributed by atoms with Crippen molar-refractivity contribution in [1.29, 1.82) is 0 Å². The molecule has 0 saturated heterocycles. The summed E-state index contributed by atoms with van der Waals surface area (Å²) in [6, 6.07) is 9.82. The molecule has 0 unspecified atom stereocenters. The maximum absolute atomic E-state index is 5.86. The van der Waals surface area contributed by atoms with E-state index in [0.717, 1.165) is 13.0 Å². The Bertz CT molecular complexity index is 647. The van der Waals surface area contributed by atoms with E-state index in [4.69, 9.17) is 9.68 Å². The molecule has 116 valence electrons. The lowest BCUT2D eigenvalue weighted by molar-refractivity contribution is -0.152. The molecule has 3 heterocycles. The van der Waals surface area contributed by atoms with E-state index < -0.39 is 0 Å². The highest BCUT2D eigenvalue weighted by molar-refractivity contribution is 5.18. The molecule has 0 aromatic carbocycles. The molecule has 0 fully saturated rings. The minimum absolute atomic E-state index is 0.373. The maximum atomic E-state index is 5.86. The molecule has 3 aromatic heterocycles. The summed E-state index contributed by atoms with van der Waals surface area (Å²) in [6.45, 7) is 5.09. The fourth-order valence-corrected chi connectivity index (χ4v) is 2.32. The third-order valence-electron chi connectivity index (χ3n) is 3.74. The molecule has 0 bridgehead atoms. The van der Waals surface area contributed by atoms with Gasteiger partial charge in [-0.2, -0.15) is 9.46 Å². The molecule has 0 aliphatic heterocycles. The molecule has 0 radical (unpaired) electrons. The zero-order valence-electron chi connectivity index (χ0n) is 12.9. The first-order valence-corrected chi connectivity index (χ1v) is 7.45. The van der Waals surface area contributed by atoms with Crippen LogP contribution in [0, 0.1) is 13.8 Å². The molecule has 22 heavy (non-hydrogen) atoms. The minimum Gasteiger partial charge on any atom is -0.367 e. The van der Waals surface area contributed by atoms with Gasteiger partial charge in [-0.05, 0) is 49.7 Å². The SMILES string of the molecule is Cc1ccn(CCC(On2cccc2)On2cccc2)c1C. The van der Waals surface area contributed by atoms with Gasteiger partial charge in [0.05, 0.1) is 0 Å². The van der Waals surface area contributed by atoms with Crippen LogP contribution < -0.4 is 9.68 Å². The molecule has 0 aliphatic rings. The highest BCUT2D eigenvalue weighted by Crippen LogP contribution is 2.10. The third-order valence-corrected chi connectivity index (χ3v) is 3.74. The Morgan fingerprint density at radius 1 is 0.864 bits per heavy atom. The van der Waals surface area contributed by atoms with E-state index in [2.05, 4.69) is 30.7 Å². The van der Waals surface area contributed by atoms with Crippen LogP contribution in [0.5, 0.6) is 0 Å². The van der Waals surface area contributed by atoms with Crippen LogP contribution in [0.2, 0.25) is 0 Å². The van der Waals surface area contributed by atoms with Crippen molar-refractivity contribution < 1.29 is 9.68 Å². The fourth-order valence-electron chi connectivity index (χ4n) is 2.32. The Labute approximate surface area is 130 Å². The van der Waals surface area contributed by atoms with Gasteiger partial charge in [-0.3, -0.25) is 0 Å². The van der Waals surface area contributed by atoms with Crippen LogP contribution in [0.25, 0.3) is 0 Å². The van der Waals surface area contributed by atoms with E-state index in [1.54, 1.807) is 9.46 Å². The first kappa shape index (κ1) is 14.4. The van der Waals surface area contributed by atoms with Crippen LogP contribution in [0.1, 0.15) is 17.7 Å². The average molecular weight is 299 g/mol. The summed E-state index contributed by atoms with van der Waals surface area (Å²) in [4.78, 5) is 11.7. The number of aryl methyl sites for hydroxylation is 2. The van der Waals surface area contributed by atoms with Gasteiger partial charge in [0.1, 0.15) is 0 Å². The smallest absolute Gasteiger partial charge is 0.287 e. The predicted octanol–water partition coefficient (Wildman–Crippen LogP) is 2.68. The van der Waals surface area contributed by atoms with Crippen molar-refractivity contribution in [3.05, 3.63) is 72.6 Å². The monoisotopic (exact) mass is 299 g/mol. The van der Waals surface area contributed by atoms with E-state index >= 15 is 0 Å². The molecule has 0 amide bonds. The number of hydrogen-bond donors (Lipinski definition) is 0. The molecular weight excluding hydrogens is 278 g/mol. The summed E-state index contributed by atoms with van der Waals surface area (Å²) in [5.74, 6) is 0. The number of nitrogens with zero attached hydrogens (tertiary/aromatic N) is 3. The number of rotatable bonds is 7. The molecule has 0 spiro atoms. The second-order valence-corrected chi connectivity index (χ2v) is 5.29. The second-order valence-electron chi connectivity index (χ2n) is 5.29. The summed E-state index contributed by atoms with van der Waals surface area (Å²) < 4.78 is 5.56. The van der Waals surface area contributed by atoms with Crippen molar-refractivity contribution in [3.8, 4) is 0 Å². The lowest BCUT2D eigenvalue weighted by atomic mass is 10.3. The molecule has 0 N–H and O–H groups in total. The quantitative estimate of drug-likeness (QED) is 0.628. The average Bonchev–Trinajstić information content (AvgIpc) is 3.24. The maximum Gasteiger partial charge on any atom is 0.287 e. The Morgan fingerprint density at radius 2 is 1.41 bits per heavy atom. The minimum atomic E-state index is -0.373. The molecule has 0 atom stereocenters. The fraction of sp³-hybridized carbons (Fsp3) is 0.294. The first-order chi connectivity index (χ1) is 10.7. The topological polar surface area (TPSA) is 33.2 Å². The van der Waals surface area contributed by atoms with Gasteiger partial charge in [0.15, 0.2) is 0 Å². The molecule has 3 aromatic rings. The van der Waals surface area contributed by atoms with Gasteiger partial charge < -0.3 is 14.2 Å². The van der Waals surface area contributed by atoms with Gasteiger partial charge in [0.2, 0.25) is 0 Å². The van der Waals surface area contributed by atoms with Gasteiger partial charge in [-0.25, -0.2) is 0 Å². The van der Waals surface area contributed by atoms with E-state index in [9.17, 15) is 0 Å². The van der Waals surface area contributed by atoms with E-state index in [-0.39, 0.29) is 6.29 Å². The summed E-state index contributed by atoms with van der Waals surface area (Å²) in [7, 11) is 0. The summed E-state index contributed by atoms with van der Waals surface area (Å²) in [5, 5.41) is 0. The highest BCUT2D eigenvalue weighted by atomic mass is 16.8. The Balaban J connectivity index is 1.66. The largest absolute Gasteiger partial charge is 0.367 e. The van der Waals surface area contributed by atoms with Gasteiger partial charge in [0, 0.05) is 49.6 Å². The molecule has 3 rings (SSSR count). The van der Waals surface area contributed by atoms with Gasteiger partial charge in [0.25, 0.3) is 6.29 Å². The summed E-state index contributed by atoms with van der Waals surface area (Å²) >= 11 is 0. The second kappa shape index (κ2) is 6.47. The van der Waals surface area contributed by atoms with Crippen molar-refractivity contribution in [2.45, 2.75) is 33.1 Å². The van der Waals surface area contributed by atoms with Crippen LogP contribution in [-0.4, -0.2) is 20.3 Å². The van der Waals surface area contributed by atoms with Crippen LogP contribution in [0.15, 0.2) is 61.3 Å². The first-order valence-electron chi connectivity index (χ1n) is 7.45. The van der Waals surface area contributed by atoms with Crippen LogP contribution in [0.4, 0.5) is 0 Å². The van der Waals surface area contributed by atoms with Crippen molar-refractivity contribution in [3.63, 3.8) is 0 Å². The Morgan fingerprint density at radius 3 is 1.86 bits per heavy atom. The van der Waals surface area contributed by atoms with E-state index in [1.165, 1.54) is 11.3 Å². The van der Waals surface area contributed by atoms with Crippen molar-refractivity contribution in [2.24, 2.45) is 0 Å². The summed E-state index contributed by atoms with van der Waals surface area (Å²) in [5.41, 5.74) is 2.58. The van der Waals surface area contributed by atoms with Gasteiger partial charge >= 0.3 is 0 Å². The Kier molecular flexibility index (Phi) is 4.23. The zero-order chi connectivity index (χ0) is 15.4.